The van der Waals surface area contributed by atoms with Crippen LogP contribution in [-0.2, 0) is 6.42 Å². The summed E-state index contributed by atoms with van der Waals surface area (Å²) < 4.78 is 0. The molecule has 2 rings (SSSR count). The van der Waals surface area contributed by atoms with Gasteiger partial charge in [0.25, 0.3) is 0 Å². The van der Waals surface area contributed by atoms with Gasteiger partial charge in [-0.15, -0.1) is 0 Å². The standard InChI is InChI=1S/C12H16ClN5/c1-8-5-10(14)9(13)6-11(8)15-4-2-3-12-16-7-17-18-12/h5-7,15H,2-4,14H2,1H3,(H,16,17,18). The van der Waals surface area contributed by atoms with Gasteiger partial charge < -0.3 is 11.1 Å². The molecule has 0 amide bonds. The van der Waals surface area contributed by atoms with E-state index < -0.39 is 0 Å². The largest absolute Gasteiger partial charge is 0.398 e. The van der Waals surface area contributed by atoms with Gasteiger partial charge in [0.05, 0.1) is 10.7 Å². The first-order valence-corrected chi connectivity index (χ1v) is 6.18. The molecule has 0 bridgehead atoms. The van der Waals surface area contributed by atoms with Crippen LogP contribution in [0.5, 0.6) is 0 Å². The van der Waals surface area contributed by atoms with Crippen LogP contribution in [0.3, 0.4) is 0 Å². The summed E-state index contributed by atoms with van der Waals surface area (Å²) >= 11 is 5.99. The minimum Gasteiger partial charge on any atom is -0.398 e. The summed E-state index contributed by atoms with van der Waals surface area (Å²) in [6.45, 7) is 2.85. The molecule has 96 valence electrons. The van der Waals surface area contributed by atoms with Gasteiger partial charge in [-0.25, -0.2) is 4.98 Å². The molecule has 0 saturated heterocycles. The summed E-state index contributed by atoms with van der Waals surface area (Å²) in [5.41, 5.74) is 8.46. The molecule has 18 heavy (non-hydrogen) atoms. The Labute approximate surface area is 111 Å². The van der Waals surface area contributed by atoms with Crippen LogP contribution in [0, 0.1) is 6.92 Å². The fourth-order valence-corrected chi connectivity index (χ4v) is 1.89. The molecule has 0 spiro atoms. The Kier molecular flexibility index (Phi) is 4.04. The summed E-state index contributed by atoms with van der Waals surface area (Å²) in [6.07, 6.45) is 3.36. The van der Waals surface area contributed by atoms with Crippen molar-refractivity contribution in [3.8, 4) is 0 Å². The summed E-state index contributed by atoms with van der Waals surface area (Å²) in [6, 6.07) is 3.74. The van der Waals surface area contributed by atoms with Crippen molar-refractivity contribution < 1.29 is 0 Å². The predicted molar refractivity (Wildman–Crippen MR) is 73.8 cm³/mol. The van der Waals surface area contributed by atoms with Gasteiger partial charge in [0.1, 0.15) is 12.2 Å². The topological polar surface area (TPSA) is 79.6 Å². The third-order valence-corrected chi connectivity index (χ3v) is 3.04. The average molecular weight is 266 g/mol. The Morgan fingerprint density at radius 2 is 2.28 bits per heavy atom. The Balaban J connectivity index is 1.85. The zero-order chi connectivity index (χ0) is 13.0. The van der Waals surface area contributed by atoms with Crippen LogP contribution in [0.15, 0.2) is 18.5 Å². The quantitative estimate of drug-likeness (QED) is 0.573. The lowest BCUT2D eigenvalue weighted by molar-refractivity contribution is 0.805. The van der Waals surface area contributed by atoms with E-state index in [1.54, 1.807) is 0 Å². The van der Waals surface area contributed by atoms with E-state index in [0.717, 1.165) is 36.5 Å². The molecule has 0 aliphatic heterocycles. The smallest absolute Gasteiger partial charge is 0.137 e. The molecule has 0 saturated carbocycles. The van der Waals surface area contributed by atoms with Gasteiger partial charge in [-0.3, -0.25) is 5.10 Å². The highest BCUT2D eigenvalue weighted by molar-refractivity contribution is 6.33. The summed E-state index contributed by atoms with van der Waals surface area (Å²) in [4.78, 5) is 4.07. The maximum atomic E-state index is 5.99. The second-order valence-electron chi connectivity index (χ2n) is 4.15. The number of nitrogens with zero attached hydrogens (tertiary/aromatic N) is 2. The lowest BCUT2D eigenvalue weighted by atomic mass is 10.1. The highest BCUT2D eigenvalue weighted by Crippen LogP contribution is 2.26. The van der Waals surface area contributed by atoms with Crippen molar-refractivity contribution in [3.05, 3.63) is 34.9 Å². The van der Waals surface area contributed by atoms with Crippen LogP contribution in [0.2, 0.25) is 5.02 Å². The summed E-state index contributed by atoms with van der Waals surface area (Å²) in [7, 11) is 0. The summed E-state index contributed by atoms with van der Waals surface area (Å²) in [5, 5.41) is 10.6. The van der Waals surface area contributed by atoms with Crippen LogP contribution in [0.25, 0.3) is 0 Å². The first kappa shape index (κ1) is 12.7. The van der Waals surface area contributed by atoms with E-state index in [1.807, 2.05) is 19.1 Å². The number of benzene rings is 1. The number of anilines is 2. The van der Waals surface area contributed by atoms with Gasteiger partial charge in [0, 0.05) is 18.7 Å². The number of aryl methyl sites for hydroxylation is 2. The Morgan fingerprint density at radius 1 is 1.44 bits per heavy atom. The fourth-order valence-electron chi connectivity index (χ4n) is 1.72. The van der Waals surface area contributed by atoms with E-state index >= 15 is 0 Å². The molecular weight excluding hydrogens is 250 g/mol. The van der Waals surface area contributed by atoms with E-state index in [9.17, 15) is 0 Å². The van der Waals surface area contributed by atoms with Gasteiger partial charge in [-0.2, -0.15) is 5.10 Å². The molecule has 1 aromatic heterocycles. The number of rotatable bonds is 5. The third-order valence-electron chi connectivity index (χ3n) is 2.71. The maximum absolute atomic E-state index is 5.99. The maximum Gasteiger partial charge on any atom is 0.137 e. The predicted octanol–water partition coefficient (Wildman–Crippen LogP) is 2.39. The SMILES string of the molecule is Cc1cc(N)c(Cl)cc1NCCCc1ncn[nH]1. The number of aromatic amines is 1. The molecule has 2 aromatic rings. The van der Waals surface area contributed by atoms with Crippen molar-refractivity contribution in [1.29, 1.82) is 0 Å². The number of halogens is 1. The minimum atomic E-state index is 0.582. The molecular formula is C12H16ClN5. The number of H-pyrrole nitrogens is 1. The van der Waals surface area contributed by atoms with Gasteiger partial charge >= 0.3 is 0 Å². The monoisotopic (exact) mass is 265 g/mol. The van der Waals surface area contributed by atoms with Gasteiger partial charge in [-0.1, -0.05) is 11.6 Å². The van der Waals surface area contributed by atoms with Crippen LogP contribution < -0.4 is 11.1 Å². The third kappa shape index (κ3) is 3.13. The van der Waals surface area contributed by atoms with E-state index in [1.165, 1.54) is 6.33 Å². The zero-order valence-electron chi connectivity index (χ0n) is 10.2. The molecule has 0 atom stereocenters. The molecule has 0 unspecified atom stereocenters. The molecule has 6 heteroatoms. The first-order valence-electron chi connectivity index (χ1n) is 5.80. The van der Waals surface area contributed by atoms with E-state index in [0.29, 0.717) is 10.7 Å². The second-order valence-corrected chi connectivity index (χ2v) is 4.56. The molecule has 0 aliphatic rings. The van der Waals surface area contributed by atoms with Crippen molar-refractivity contribution in [2.75, 3.05) is 17.6 Å². The van der Waals surface area contributed by atoms with Gasteiger partial charge in [-0.05, 0) is 31.0 Å². The lowest BCUT2D eigenvalue weighted by Crippen LogP contribution is -2.05. The number of aromatic nitrogens is 3. The van der Waals surface area contributed by atoms with Crippen molar-refractivity contribution in [1.82, 2.24) is 15.2 Å². The average Bonchev–Trinajstić information content (AvgIpc) is 2.84. The van der Waals surface area contributed by atoms with Crippen LogP contribution in [-0.4, -0.2) is 21.7 Å². The van der Waals surface area contributed by atoms with Crippen molar-refractivity contribution in [2.24, 2.45) is 0 Å². The van der Waals surface area contributed by atoms with Crippen LogP contribution in [0.1, 0.15) is 17.8 Å². The highest BCUT2D eigenvalue weighted by Gasteiger charge is 2.03. The molecule has 1 heterocycles. The summed E-state index contributed by atoms with van der Waals surface area (Å²) in [5.74, 6) is 0.906. The Morgan fingerprint density at radius 3 is 3.00 bits per heavy atom. The van der Waals surface area contributed by atoms with Gasteiger partial charge in [0.15, 0.2) is 0 Å². The number of nitrogens with two attached hydrogens (primary N) is 1. The van der Waals surface area contributed by atoms with Crippen LogP contribution in [0.4, 0.5) is 11.4 Å². The molecule has 4 N–H and O–H groups in total. The van der Waals surface area contributed by atoms with Crippen molar-refractivity contribution in [3.63, 3.8) is 0 Å². The molecule has 5 nitrogen and oxygen atoms in total. The number of hydrogen-bond donors (Lipinski definition) is 3. The van der Waals surface area contributed by atoms with Gasteiger partial charge in [0.2, 0.25) is 0 Å². The van der Waals surface area contributed by atoms with E-state index in [4.69, 9.17) is 17.3 Å². The zero-order valence-corrected chi connectivity index (χ0v) is 11.0. The Hall–Kier alpha value is -1.75. The normalized spacial score (nSPS) is 10.6. The molecule has 1 aromatic carbocycles. The highest BCUT2D eigenvalue weighted by atomic mass is 35.5. The number of hydrogen-bond acceptors (Lipinski definition) is 4. The minimum absolute atomic E-state index is 0.582. The first-order chi connectivity index (χ1) is 8.66. The number of nitrogens with one attached hydrogen (secondary N) is 2. The van der Waals surface area contributed by atoms with Crippen molar-refractivity contribution in [2.45, 2.75) is 19.8 Å². The molecule has 0 fully saturated rings. The Bertz CT molecular complexity index is 509. The molecule has 0 aliphatic carbocycles. The fraction of sp³-hybridized carbons (Fsp3) is 0.333. The van der Waals surface area contributed by atoms with E-state index in [2.05, 4.69) is 20.5 Å². The molecule has 0 radical (unpaired) electrons. The van der Waals surface area contributed by atoms with Crippen molar-refractivity contribution >= 4 is 23.0 Å². The van der Waals surface area contributed by atoms with E-state index in [-0.39, 0.29) is 0 Å². The van der Waals surface area contributed by atoms with Crippen LogP contribution >= 0.6 is 11.6 Å². The number of nitrogen functional groups attached to an aromatic ring is 1. The lowest BCUT2D eigenvalue weighted by Gasteiger charge is -2.11. The second kappa shape index (κ2) is 5.73.